The minimum Gasteiger partial charge on any atom is -0.381 e. The zero-order valence-electron chi connectivity index (χ0n) is 8.82. The fourth-order valence-corrected chi connectivity index (χ4v) is 2.40. The molecule has 1 aliphatic carbocycles. The first-order valence-electron chi connectivity index (χ1n) is 5.23. The Morgan fingerprint density at radius 2 is 2.13 bits per heavy atom. The molecule has 84 valence electrons. The Morgan fingerprint density at radius 3 is 2.60 bits per heavy atom. The summed E-state index contributed by atoms with van der Waals surface area (Å²) in [6, 6.07) is 0.477. The number of nitrogens with two attached hydrogens (primary N) is 1. The van der Waals surface area contributed by atoms with Gasteiger partial charge in [-0.2, -0.15) is 5.10 Å². The van der Waals surface area contributed by atoms with Gasteiger partial charge in [-0.1, -0.05) is 0 Å². The smallest absolute Gasteiger partial charge is 0.159 e. The van der Waals surface area contributed by atoms with E-state index >= 15 is 0 Å². The van der Waals surface area contributed by atoms with E-state index < -0.39 is 0 Å². The Bertz CT molecular complexity index is 312. The van der Waals surface area contributed by atoms with E-state index in [4.69, 9.17) is 10.5 Å². The van der Waals surface area contributed by atoms with Crippen molar-refractivity contribution in [2.24, 2.45) is 0 Å². The van der Waals surface area contributed by atoms with Crippen LogP contribution in [0.3, 0.4) is 0 Å². The van der Waals surface area contributed by atoms with Crippen molar-refractivity contribution in [2.45, 2.75) is 37.8 Å². The standard InChI is InChI=1S/C10H16BrN3O/c1-15-8-4-2-7(3-5-8)14-6-9(11)10(12)13-14/h6-8H,2-5H2,1H3,(H2,12,13). The van der Waals surface area contributed by atoms with E-state index in [0.29, 0.717) is 18.0 Å². The van der Waals surface area contributed by atoms with Crippen molar-refractivity contribution < 1.29 is 4.74 Å². The van der Waals surface area contributed by atoms with Gasteiger partial charge >= 0.3 is 0 Å². The van der Waals surface area contributed by atoms with Crippen LogP contribution >= 0.6 is 15.9 Å². The highest BCUT2D eigenvalue weighted by molar-refractivity contribution is 9.10. The van der Waals surface area contributed by atoms with Gasteiger partial charge in [0.2, 0.25) is 0 Å². The van der Waals surface area contributed by atoms with Crippen LogP contribution in [-0.2, 0) is 4.74 Å². The van der Waals surface area contributed by atoms with Gasteiger partial charge in [0.25, 0.3) is 0 Å². The molecule has 0 aromatic carbocycles. The molecule has 0 saturated heterocycles. The Kier molecular flexibility index (Phi) is 3.31. The van der Waals surface area contributed by atoms with Crippen LogP contribution in [0.15, 0.2) is 10.7 Å². The van der Waals surface area contributed by atoms with E-state index in [-0.39, 0.29) is 0 Å². The molecule has 0 atom stereocenters. The molecule has 0 radical (unpaired) electrons. The Hall–Kier alpha value is -0.550. The number of halogens is 1. The number of hydrogen-bond donors (Lipinski definition) is 1. The third-order valence-corrected chi connectivity index (χ3v) is 3.68. The highest BCUT2D eigenvalue weighted by Gasteiger charge is 2.23. The molecule has 1 aliphatic rings. The predicted octanol–water partition coefficient (Wildman–Crippen LogP) is 2.36. The maximum atomic E-state index is 5.70. The van der Waals surface area contributed by atoms with Gasteiger partial charge in [-0.05, 0) is 41.6 Å². The van der Waals surface area contributed by atoms with E-state index in [1.165, 1.54) is 0 Å². The van der Waals surface area contributed by atoms with E-state index in [1.54, 1.807) is 7.11 Å². The van der Waals surface area contributed by atoms with Crippen LogP contribution in [0.5, 0.6) is 0 Å². The molecule has 5 heteroatoms. The van der Waals surface area contributed by atoms with Crippen LogP contribution in [0.2, 0.25) is 0 Å². The zero-order valence-corrected chi connectivity index (χ0v) is 10.4. The number of ether oxygens (including phenoxy) is 1. The molecule has 2 rings (SSSR count). The summed E-state index contributed by atoms with van der Waals surface area (Å²) in [6.45, 7) is 0. The highest BCUT2D eigenvalue weighted by Crippen LogP contribution is 2.31. The molecule has 1 fully saturated rings. The number of methoxy groups -OCH3 is 1. The topological polar surface area (TPSA) is 53.1 Å². The largest absolute Gasteiger partial charge is 0.381 e. The summed E-state index contributed by atoms with van der Waals surface area (Å²) in [7, 11) is 1.79. The third kappa shape index (κ3) is 2.34. The van der Waals surface area contributed by atoms with Gasteiger partial charge in [0.05, 0.1) is 16.6 Å². The molecule has 2 N–H and O–H groups in total. The molecule has 0 bridgehead atoms. The van der Waals surface area contributed by atoms with Crippen molar-refractivity contribution in [3.8, 4) is 0 Å². The lowest BCUT2D eigenvalue weighted by molar-refractivity contribution is 0.0568. The maximum absolute atomic E-state index is 5.70. The monoisotopic (exact) mass is 273 g/mol. The fourth-order valence-electron chi connectivity index (χ4n) is 2.12. The van der Waals surface area contributed by atoms with Crippen LogP contribution in [0.4, 0.5) is 5.82 Å². The lowest BCUT2D eigenvalue weighted by atomic mass is 9.93. The van der Waals surface area contributed by atoms with Crippen molar-refractivity contribution in [3.63, 3.8) is 0 Å². The number of nitrogens with zero attached hydrogens (tertiary/aromatic N) is 2. The van der Waals surface area contributed by atoms with Crippen LogP contribution in [0.25, 0.3) is 0 Å². The molecule has 0 unspecified atom stereocenters. The van der Waals surface area contributed by atoms with Gasteiger partial charge in [0, 0.05) is 13.3 Å². The molecule has 0 aliphatic heterocycles. The lowest BCUT2D eigenvalue weighted by Crippen LogP contribution is -2.23. The molecule has 1 heterocycles. The van der Waals surface area contributed by atoms with Crippen molar-refractivity contribution in [3.05, 3.63) is 10.7 Å². The van der Waals surface area contributed by atoms with Crippen molar-refractivity contribution in [1.82, 2.24) is 9.78 Å². The zero-order chi connectivity index (χ0) is 10.8. The van der Waals surface area contributed by atoms with Gasteiger partial charge in [-0.15, -0.1) is 0 Å². The Morgan fingerprint density at radius 1 is 1.47 bits per heavy atom. The molecule has 1 saturated carbocycles. The van der Waals surface area contributed by atoms with Crippen molar-refractivity contribution >= 4 is 21.7 Å². The van der Waals surface area contributed by atoms with Gasteiger partial charge in [-0.25, -0.2) is 0 Å². The average molecular weight is 274 g/mol. The molecular weight excluding hydrogens is 258 g/mol. The Labute approximate surface area is 97.9 Å². The second kappa shape index (κ2) is 4.53. The van der Waals surface area contributed by atoms with Crippen LogP contribution < -0.4 is 5.73 Å². The highest BCUT2D eigenvalue weighted by atomic mass is 79.9. The van der Waals surface area contributed by atoms with Crippen molar-refractivity contribution in [2.75, 3.05) is 12.8 Å². The first-order chi connectivity index (χ1) is 7.20. The minimum atomic E-state index is 0.428. The van der Waals surface area contributed by atoms with Gasteiger partial charge in [0.1, 0.15) is 0 Å². The Balaban J connectivity index is 2.01. The number of anilines is 1. The number of nitrogen functional groups attached to an aromatic ring is 1. The SMILES string of the molecule is COC1CCC(n2cc(Br)c(N)n2)CC1. The summed E-state index contributed by atoms with van der Waals surface area (Å²) >= 11 is 3.38. The summed E-state index contributed by atoms with van der Waals surface area (Å²) in [5, 5.41) is 4.29. The first-order valence-corrected chi connectivity index (χ1v) is 6.03. The van der Waals surface area contributed by atoms with E-state index in [2.05, 4.69) is 21.0 Å². The molecule has 0 spiro atoms. The molecule has 1 aromatic heterocycles. The molecule has 1 aromatic rings. The minimum absolute atomic E-state index is 0.428. The number of aromatic nitrogens is 2. The molecule has 4 nitrogen and oxygen atoms in total. The van der Waals surface area contributed by atoms with Gasteiger partial charge < -0.3 is 10.5 Å². The molecule has 0 amide bonds. The summed E-state index contributed by atoms with van der Waals surface area (Å²) < 4.78 is 8.20. The normalized spacial score (nSPS) is 26.8. The first kappa shape index (κ1) is 11.0. The summed E-state index contributed by atoms with van der Waals surface area (Å²) in [5.74, 6) is 0.573. The summed E-state index contributed by atoms with van der Waals surface area (Å²) in [5.41, 5.74) is 5.70. The second-order valence-corrected chi connectivity index (χ2v) is 4.86. The third-order valence-electron chi connectivity index (χ3n) is 3.06. The maximum Gasteiger partial charge on any atom is 0.159 e. The van der Waals surface area contributed by atoms with Gasteiger partial charge in [-0.3, -0.25) is 4.68 Å². The summed E-state index contributed by atoms with van der Waals surface area (Å²) in [4.78, 5) is 0. The fraction of sp³-hybridized carbons (Fsp3) is 0.700. The van der Waals surface area contributed by atoms with Crippen molar-refractivity contribution in [1.29, 1.82) is 0 Å². The average Bonchev–Trinajstić information content (AvgIpc) is 2.59. The van der Waals surface area contributed by atoms with Gasteiger partial charge in [0.15, 0.2) is 5.82 Å². The number of hydrogen-bond acceptors (Lipinski definition) is 3. The van der Waals surface area contributed by atoms with Crippen LogP contribution in [-0.4, -0.2) is 23.0 Å². The predicted molar refractivity (Wildman–Crippen MR) is 62.6 cm³/mol. The van der Waals surface area contributed by atoms with Crippen LogP contribution in [0, 0.1) is 0 Å². The van der Waals surface area contributed by atoms with E-state index in [1.807, 2.05) is 10.9 Å². The second-order valence-electron chi connectivity index (χ2n) is 4.01. The molecule has 15 heavy (non-hydrogen) atoms. The number of rotatable bonds is 2. The lowest BCUT2D eigenvalue weighted by Gasteiger charge is -2.27. The summed E-state index contributed by atoms with van der Waals surface area (Å²) in [6.07, 6.45) is 6.85. The van der Waals surface area contributed by atoms with Crippen LogP contribution in [0.1, 0.15) is 31.7 Å². The molecular formula is C10H16BrN3O. The van der Waals surface area contributed by atoms with E-state index in [0.717, 1.165) is 30.2 Å². The van der Waals surface area contributed by atoms with E-state index in [9.17, 15) is 0 Å². The quantitative estimate of drug-likeness (QED) is 0.900.